The molecule has 0 unspecified atom stereocenters. The fourth-order valence-electron chi connectivity index (χ4n) is 3.73. The van der Waals surface area contributed by atoms with Gasteiger partial charge in [0.05, 0.1) is 18.1 Å². The standard InChI is InChI=1S/C25H28O5/c1-5-6-7-8-11-18-14-20-23(15-22(18)30-17(3)26)29-16(2)24(25(20)27)19-12-9-10-13-21(19)28-4/h9-10,12-15H,5-8,11H2,1-4H3. The highest BCUT2D eigenvalue weighted by atomic mass is 16.5. The SMILES string of the molecule is CCCCCCc1cc2c(=O)c(-c3ccccc3OC)c(C)oc2cc1OC(C)=O. The molecule has 3 rings (SSSR count). The van der Waals surface area contributed by atoms with E-state index in [0.29, 0.717) is 39.4 Å². The smallest absolute Gasteiger partial charge is 0.308 e. The van der Waals surface area contributed by atoms with Crippen molar-refractivity contribution >= 4 is 16.9 Å². The molecule has 1 heterocycles. The molecule has 0 aliphatic carbocycles. The summed E-state index contributed by atoms with van der Waals surface area (Å²) in [4.78, 5) is 25.0. The van der Waals surface area contributed by atoms with Gasteiger partial charge in [0, 0.05) is 18.6 Å². The maximum absolute atomic E-state index is 13.5. The van der Waals surface area contributed by atoms with Gasteiger partial charge in [0.2, 0.25) is 5.43 Å². The van der Waals surface area contributed by atoms with Crippen LogP contribution in [0, 0.1) is 6.92 Å². The largest absolute Gasteiger partial charge is 0.496 e. The van der Waals surface area contributed by atoms with Crippen LogP contribution in [0.4, 0.5) is 0 Å². The Morgan fingerprint density at radius 1 is 1.07 bits per heavy atom. The fraction of sp³-hybridized carbons (Fsp3) is 0.360. The summed E-state index contributed by atoms with van der Waals surface area (Å²) < 4.78 is 16.9. The molecular weight excluding hydrogens is 380 g/mol. The van der Waals surface area contributed by atoms with Crippen LogP contribution < -0.4 is 14.9 Å². The van der Waals surface area contributed by atoms with E-state index < -0.39 is 5.97 Å². The number of carbonyl (C=O) groups excluding carboxylic acids is 1. The van der Waals surface area contributed by atoms with Gasteiger partial charge in [-0.1, -0.05) is 44.4 Å². The Hall–Kier alpha value is -3.08. The summed E-state index contributed by atoms with van der Waals surface area (Å²) in [5.74, 6) is 1.16. The number of hydrogen-bond donors (Lipinski definition) is 0. The topological polar surface area (TPSA) is 65.7 Å². The van der Waals surface area contributed by atoms with Gasteiger partial charge in [-0.2, -0.15) is 0 Å². The molecule has 0 bridgehead atoms. The quantitative estimate of drug-likeness (QED) is 0.267. The molecule has 0 amide bonds. The van der Waals surface area contributed by atoms with Crippen LogP contribution >= 0.6 is 0 Å². The second-order valence-electron chi connectivity index (χ2n) is 7.42. The summed E-state index contributed by atoms with van der Waals surface area (Å²) in [5, 5.41) is 0.475. The Morgan fingerprint density at radius 3 is 2.53 bits per heavy atom. The van der Waals surface area contributed by atoms with Gasteiger partial charge in [0.25, 0.3) is 0 Å². The molecule has 0 fully saturated rings. The molecule has 5 nitrogen and oxygen atoms in total. The van der Waals surface area contributed by atoms with Crippen LogP contribution in [-0.4, -0.2) is 13.1 Å². The lowest BCUT2D eigenvalue weighted by Crippen LogP contribution is -2.10. The predicted octanol–water partition coefficient (Wildman–Crippen LogP) is 5.83. The maximum Gasteiger partial charge on any atom is 0.308 e. The summed E-state index contributed by atoms with van der Waals surface area (Å²) in [6, 6.07) is 10.9. The Kier molecular flexibility index (Phi) is 6.93. The summed E-state index contributed by atoms with van der Waals surface area (Å²) >= 11 is 0. The van der Waals surface area contributed by atoms with Gasteiger partial charge in [-0.25, -0.2) is 0 Å². The molecule has 0 radical (unpaired) electrons. The van der Waals surface area contributed by atoms with Gasteiger partial charge in [-0.05, 0) is 37.5 Å². The summed E-state index contributed by atoms with van der Waals surface area (Å²) in [6.45, 7) is 5.29. The van der Waals surface area contributed by atoms with E-state index >= 15 is 0 Å². The molecule has 3 aromatic rings. The fourth-order valence-corrected chi connectivity index (χ4v) is 3.73. The zero-order valence-electron chi connectivity index (χ0n) is 18.0. The molecule has 0 saturated heterocycles. The summed E-state index contributed by atoms with van der Waals surface area (Å²) in [5.41, 5.74) is 2.31. The van der Waals surface area contributed by atoms with E-state index in [2.05, 4.69) is 6.92 Å². The second-order valence-corrected chi connectivity index (χ2v) is 7.42. The molecule has 158 valence electrons. The first kappa shape index (κ1) is 21.6. The highest BCUT2D eigenvalue weighted by Gasteiger charge is 2.19. The van der Waals surface area contributed by atoms with Crippen LogP contribution in [0.5, 0.6) is 11.5 Å². The van der Waals surface area contributed by atoms with Crippen LogP contribution in [0.25, 0.3) is 22.1 Å². The van der Waals surface area contributed by atoms with Crippen molar-refractivity contribution in [1.82, 2.24) is 0 Å². The molecule has 1 aromatic heterocycles. The number of methoxy groups -OCH3 is 1. The minimum Gasteiger partial charge on any atom is -0.496 e. The molecule has 30 heavy (non-hydrogen) atoms. The highest BCUT2D eigenvalue weighted by Crippen LogP contribution is 2.33. The number of hydrogen-bond acceptors (Lipinski definition) is 5. The molecule has 2 aromatic carbocycles. The van der Waals surface area contributed by atoms with E-state index in [9.17, 15) is 9.59 Å². The van der Waals surface area contributed by atoms with Crippen molar-refractivity contribution < 1.29 is 18.7 Å². The molecule has 0 aliphatic heterocycles. The Morgan fingerprint density at radius 2 is 1.83 bits per heavy atom. The van der Waals surface area contributed by atoms with E-state index in [4.69, 9.17) is 13.9 Å². The molecule has 0 atom stereocenters. The number of fused-ring (bicyclic) bond motifs is 1. The first-order valence-electron chi connectivity index (χ1n) is 10.4. The minimum atomic E-state index is -0.395. The monoisotopic (exact) mass is 408 g/mol. The minimum absolute atomic E-state index is 0.123. The van der Waals surface area contributed by atoms with Gasteiger partial charge < -0.3 is 13.9 Å². The third-order valence-corrected chi connectivity index (χ3v) is 5.18. The lowest BCUT2D eigenvalue weighted by molar-refractivity contribution is -0.131. The molecular formula is C25H28O5. The van der Waals surface area contributed by atoms with E-state index in [-0.39, 0.29) is 5.43 Å². The second kappa shape index (κ2) is 9.61. The van der Waals surface area contributed by atoms with Gasteiger partial charge in [0.15, 0.2) is 0 Å². The van der Waals surface area contributed by atoms with Crippen molar-refractivity contribution in [3.05, 3.63) is 57.9 Å². The van der Waals surface area contributed by atoms with Crippen molar-refractivity contribution in [3.8, 4) is 22.6 Å². The first-order valence-corrected chi connectivity index (χ1v) is 10.4. The summed E-state index contributed by atoms with van der Waals surface area (Å²) in [7, 11) is 1.58. The van der Waals surface area contributed by atoms with E-state index in [1.807, 2.05) is 30.3 Å². The van der Waals surface area contributed by atoms with Crippen LogP contribution in [0.1, 0.15) is 50.9 Å². The maximum atomic E-state index is 13.5. The first-order chi connectivity index (χ1) is 14.5. The van der Waals surface area contributed by atoms with Crippen LogP contribution in [-0.2, 0) is 11.2 Å². The van der Waals surface area contributed by atoms with Gasteiger partial charge >= 0.3 is 5.97 Å². The lowest BCUT2D eigenvalue weighted by Gasteiger charge is -2.14. The van der Waals surface area contributed by atoms with E-state index in [0.717, 1.165) is 37.7 Å². The highest BCUT2D eigenvalue weighted by molar-refractivity contribution is 5.86. The van der Waals surface area contributed by atoms with E-state index in [1.165, 1.54) is 6.92 Å². The molecule has 0 N–H and O–H groups in total. The van der Waals surface area contributed by atoms with Crippen LogP contribution in [0.3, 0.4) is 0 Å². The Labute approximate surface area is 176 Å². The van der Waals surface area contributed by atoms with Gasteiger partial charge in [0.1, 0.15) is 22.8 Å². The van der Waals surface area contributed by atoms with Crippen molar-refractivity contribution in [3.63, 3.8) is 0 Å². The van der Waals surface area contributed by atoms with Crippen molar-refractivity contribution in [1.29, 1.82) is 0 Å². The number of esters is 1. The Bertz CT molecular complexity index is 1110. The number of benzene rings is 2. The number of unbranched alkanes of at least 4 members (excludes halogenated alkanes) is 3. The van der Waals surface area contributed by atoms with Gasteiger partial charge in [-0.3, -0.25) is 9.59 Å². The lowest BCUT2D eigenvalue weighted by atomic mass is 9.99. The zero-order chi connectivity index (χ0) is 21.7. The number of ether oxygens (including phenoxy) is 2. The normalized spacial score (nSPS) is 10.9. The summed E-state index contributed by atoms with van der Waals surface area (Å²) in [6.07, 6.45) is 5.07. The number of aryl methyl sites for hydroxylation is 2. The zero-order valence-corrected chi connectivity index (χ0v) is 18.0. The average Bonchev–Trinajstić information content (AvgIpc) is 2.71. The van der Waals surface area contributed by atoms with Crippen LogP contribution in [0.15, 0.2) is 45.6 Å². The molecule has 5 heteroatoms. The van der Waals surface area contributed by atoms with Crippen LogP contribution in [0.2, 0.25) is 0 Å². The number of carbonyl (C=O) groups is 1. The van der Waals surface area contributed by atoms with Gasteiger partial charge in [-0.15, -0.1) is 0 Å². The average molecular weight is 408 g/mol. The number of para-hydroxylation sites is 1. The van der Waals surface area contributed by atoms with Crippen molar-refractivity contribution in [2.45, 2.75) is 52.9 Å². The van der Waals surface area contributed by atoms with Crippen molar-refractivity contribution in [2.24, 2.45) is 0 Å². The van der Waals surface area contributed by atoms with E-state index in [1.54, 1.807) is 20.1 Å². The third-order valence-electron chi connectivity index (χ3n) is 5.18. The number of rotatable bonds is 8. The predicted molar refractivity (Wildman–Crippen MR) is 118 cm³/mol. The molecule has 0 saturated carbocycles. The third kappa shape index (κ3) is 4.56. The Balaban J connectivity index is 2.17. The van der Waals surface area contributed by atoms with Crippen molar-refractivity contribution in [2.75, 3.05) is 7.11 Å². The molecule has 0 aliphatic rings. The molecule has 0 spiro atoms.